The lowest BCUT2D eigenvalue weighted by Crippen LogP contribution is -2.45. The van der Waals surface area contributed by atoms with Crippen LogP contribution in [0, 0.1) is 0 Å². The van der Waals surface area contributed by atoms with Gasteiger partial charge in [-0.3, -0.25) is 9.59 Å². The van der Waals surface area contributed by atoms with Gasteiger partial charge in [0.2, 0.25) is 5.91 Å². The standard InChI is InChI=1S/C88H165NO5/c1-3-5-7-9-11-13-15-17-19-21-23-45-48-52-56-60-64-68-72-76-80-86(91)85(84-90)89-87(92)81-77-73-69-65-61-57-53-49-46-43-41-39-37-35-33-31-29-27-25-24-26-28-30-32-34-36-38-40-42-44-47-51-55-59-63-67-71-75-79-83-94-88(93)82-78-74-70-66-62-58-54-50-22-20-18-16-14-12-10-8-6-4-2/h14,16,20,22,24-25,28,30,76,80,85-86,90-91H,3-13,15,17-19,21,23,26-27,29,31-75,77-79,81-84H2,1-2H3,(H,89,92)/b16-14-,22-20-,25-24-,30-28-,80-76+. The number of unbranched alkanes of at least 4 members (excludes halogenated alkanes) is 61. The van der Waals surface area contributed by atoms with Gasteiger partial charge in [-0.1, -0.05) is 415 Å². The Kier molecular flexibility index (Phi) is 80.8. The summed E-state index contributed by atoms with van der Waals surface area (Å²) in [4.78, 5) is 24.7. The van der Waals surface area contributed by atoms with Crippen LogP contribution in [0.2, 0.25) is 0 Å². The largest absolute Gasteiger partial charge is 0.466 e. The number of rotatable bonds is 80. The Hall–Kier alpha value is -2.44. The molecule has 0 spiro atoms. The molecule has 6 heteroatoms. The number of aliphatic hydroxyl groups excluding tert-OH is 2. The summed E-state index contributed by atoms with van der Waals surface area (Å²) in [5.41, 5.74) is 0. The lowest BCUT2D eigenvalue weighted by atomic mass is 10.0. The lowest BCUT2D eigenvalue weighted by molar-refractivity contribution is -0.143. The zero-order valence-corrected chi connectivity index (χ0v) is 63.5. The first-order valence-electron chi connectivity index (χ1n) is 42.6. The highest BCUT2D eigenvalue weighted by Crippen LogP contribution is 2.20. The zero-order valence-electron chi connectivity index (χ0n) is 63.5. The van der Waals surface area contributed by atoms with Gasteiger partial charge in [0.05, 0.1) is 25.4 Å². The van der Waals surface area contributed by atoms with Gasteiger partial charge < -0.3 is 20.3 Å². The number of carbonyl (C=O) groups excluding carboxylic acids is 2. The molecule has 0 radical (unpaired) electrons. The van der Waals surface area contributed by atoms with Crippen LogP contribution in [0.5, 0.6) is 0 Å². The molecule has 94 heavy (non-hydrogen) atoms. The molecule has 0 aromatic carbocycles. The molecule has 0 aliphatic heterocycles. The second kappa shape index (κ2) is 83.0. The highest BCUT2D eigenvalue weighted by Gasteiger charge is 2.18. The minimum absolute atomic E-state index is 0.0132. The summed E-state index contributed by atoms with van der Waals surface area (Å²) in [5.74, 6) is -0.0477. The number of allylic oxidation sites excluding steroid dienone is 9. The van der Waals surface area contributed by atoms with Crippen molar-refractivity contribution in [1.29, 1.82) is 0 Å². The third kappa shape index (κ3) is 78.6. The summed E-state index contributed by atoms with van der Waals surface area (Å²) in [6.07, 6.45) is 112. The van der Waals surface area contributed by atoms with Crippen molar-refractivity contribution in [2.24, 2.45) is 0 Å². The van der Waals surface area contributed by atoms with Crippen molar-refractivity contribution in [1.82, 2.24) is 5.32 Å². The van der Waals surface area contributed by atoms with Gasteiger partial charge in [-0.25, -0.2) is 0 Å². The van der Waals surface area contributed by atoms with Crippen LogP contribution in [0.25, 0.3) is 0 Å². The average molecular weight is 1320 g/mol. The Morgan fingerprint density at radius 1 is 0.298 bits per heavy atom. The fraction of sp³-hybridized carbons (Fsp3) is 0.864. The lowest BCUT2D eigenvalue weighted by Gasteiger charge is -2.20. The minimum atomic E-state index is -0.844. The summed E-state index contributed by atoms with van der Waals surface area (Å²) < 4.78 is 5.51. The molecule has 0 bridgehead atoms. The van der Waals surface area contributed by atoms with E-state index in [0.29, 0.717) is 19.4 Å². The quantitative estimate of drug-likeness (QED) is 0.0320. The first-order valence-corrected chi connectivity index (χ1v) is 42.6. The smallest absolute Gasteiger partial charge is 0.305 e. The molecule has 552 valence electrons. The van der Waals surface area contributed by atoms with Crippen molar-refractivity contribution in [3.05, 3.63) is 60.8 Å². The van der Waals surface area contributed by atoms with Crippen LogP contribution < -0.4 is 5.32 Å². The topological polar surface area (TPSA) is 95.9 Å². The Balaban J connectivity index is 3.37. The molecule has 0 aromatic rings. The Bertz CT molecular complexity index is 1620. The number of aliphatic hydroxyl groups is 2. The van der Waals surface area contributed by atoms with Gasteiger partial charge in [-0.2, -0.15) is 0 Å². The average Bonchev–Trinajstić information content (AvgIpc) is 3.37. The van der Waals surface area contributed by atoms with Crippen molar-refractivity contribution in [3.8, 4) is 0 Å². The van der Waals surface area contributed by atoms with E-state index in [0.717, 1.165) is 57.8 Å². The van der Waals surface area contributed by atoms with Gasteiger partial charge >= 0.3 is 5.97 Å². The molecule has 1 amide bonds. The second-order valence-corrected chi connectivity index (χ2v) is 29.2. The molecule has 0 rings (SSSR count). The van der Waals surface area contributed by atoms with E-state index in [1.807, 2.05) is 6.08 Å². The summed E-state index contributed by atoms with van der Waals surface area (Å²) in [5, 5.41) is 23.3. The number of hydrogen-bond donors (Lipinski definition) is 3. The molecule has 0 heterocycles. The highest BCUT2D eigenvalue weighted by molar-refractivity contribution is 5.76. The van der Waals surface area contributed by atoms with Crippen molar-refractivity contribution in [2.75, 3.05) is 13.2 Å². The molecule has 0 aromatic heterocycles. The molecule has 0 aliphatic carbocycles. The molecule has 0 aliphatic rings. The predicted octanol–water partition coefficient (Wildman–Crippen LogP) is 28.5. The maximum Gasteiger partial charge on any atom is 0.305 e. The summed E-state index contributed by atoms with van der Waals surface area (Å²) in [7, 11) is 0. The molecule has 0 saturated carbocycles. The number of nitrogens with one attached hydrogen (secondary N) is 1. The zero-order chi connectivity index (χ0) is 67.7. The molecular formula is C88H165NO5. The second-order valence-electron chi connectivity index (χ2n) is 29.2. The van der Waals surface area contributed by atoms with E-state index in [9.17, 15) is 19.8 Å². The third-order valence-corrected chi connectivity index (χ3v) is 19.8. The highest BCUT2D eigenvalue weighted by atomic mass is 16.5. The monoisotopic (exact) mass is 1320 g/mol. The molecular weight excluding hydrogens is 1150 g/mol. The van der Waals surface area contributed by atoms with E-state index in [-0.39, 0.29) is 18.5 Å². The normalized spacial score (nSPS) is 12.8. The Labute approximate surface area is 588 Å². The van der Waals surface area contributed by atoms with Gasteiger partial charge in [0.15, 0.2) is 0 Å². The molecule has 6 nitrogen and oxygen atoms in total. The Morgan fingerprint density at radius 3 is 0.819 bits per heavy atom. The fourth-order valence-electron chi connectivity index (χ4n) is 13.3. The van der Waals surface area contributed by atoms with E-state index in [2.05, 4.69) is 67.8 Å². The summed E-state index contributed by atoms with van der Waals surface area (Å²) in [6, 6.07) is -0.627. The molecule has 0 fully saturated rings. The van der Waals surface area contributed by atoms with E-state index in [1.165, 1.54) is 379 Å². The SMILES string of the molecule is CCCCCC/C=C\C/C=C\CCCCCCCCCC(=O)OCCCCCCCCCCCCCCCCC/C=C\C/C=C\CCCCCCCCCCCCCCCCCCCC(=O)NC(CO)C(O)/C=C/CCCCCCCCCCCCCCCCCCCC. The molecule has 2 atom stereocenters. The van der Waals surface area contributed by atoms with Crippen molar-refractivity contribution in [2.45, 2.75) is 475 Å². The van der Waals surface area contributed by atoms with Crippen LogP contribution in [0.1, 0.15) is 463 Å². The van der Waals surface area contributed by atoms with Gasteiger partial charge in [-0.15, -0.1) is 0 Å². The van der Waals surface area contributed by atoms with Crippen molar-refractivity contribution < 1.29 is 24.5 Å². The van der Waals surface area contributed by atoms with E-state index in [1.54, 1.807) is 6.08 Å². The fourth-order valence-corrected chi connectivity index (χ4v) is 13.3. The van der Waals surface area contributed by atoms with E-state index >= 15 is 0 Å². The van der Waals surface area contributed by atoms with Crippen LogP contribution in [0.15, 0.2) is 60.8 Å². The maximum atomic E-state index is 12.5. The van der Waals surface area contributed by atoms with Gasteiger partial charge in [-0.05, 0) is 96.3 Å². The van der Waals surface area contributed by atoms with Crippen LogP contribution in [0.4, 0.5) is 0 Å². The summed E-state index contributed by atoms with van der Waals surface area (Å²) in [6.45, 7) is 4.93. The van der Waals surface area contributed by atoms with Crippen molar-refractivity contribution in [3.63, 3.8) is 0 Å². The minimum Gasteiger partial charge on any atom is -0.466 e. The van der Waals surface area contributed by atoms with Gasteiger partial charge in [0.25, 0.3) is 0 Å². The number of ether oxygens (including phenoxy) is 1. The van der Waals surface area contributed by atoms with E-state index in [4.69, 9.17) is 4.74 Å². The van der Waals surface area contributed by atoms with E-state index < -0.39 is 12.1 Å². The van der Waals surface area contributed by atoms with Gasteiger partial charge in [0.1, 0.15) is 0 Å². The van der Waals surface area contributed by atoms with Crippen LogP contribution in [0.3, 0.4) is 0 Å². The van der Waals surface area contributed by atoms with Crippen LogP contribution in [-0.4, -0.2) is 47.4 Å². The van der Waals surface area contributed by atoms with Crippen molar-refractivity contribution >= 4 is 11.9 Å². The van der Waals surface area contributed by atoms with Gasteiger partial charge in [0, 0.05) is 12.8 Å². The van der Waals surface area contributed by atoms with Crippen LogP contribution in [-0.2, 0) is 14.3 Å². The predicted molar refractivity (Wildman–Crippen MR) is 416 cm³/mol. The Morgan fingerprint density at radius 2 is 0.532 bits per heavy atom. The number of esters is 1. The first-order chi connectivity index (χ1) is 46.5. The number of carbonyl (C=O) groups is 2. The molecule has 0 saturated heterocycles. The molecule has 3 N–H and O–H groups in total. The summed E-state index contributed by atoms with van der Waals surface area (Å²) >= 11 is 0. The number of hydrogen-bond acceptors (Lipinski definition) is 5. The third-order valence-electron chi connectivity index (χ3n) is 19.8. The first kappa shape index (κ1) is 91.6. The maximum absolute atomic E-state index is 12.5. The number of amides is 1. The molecule has 2 unspecified atom stereocenters. The van der Waals surface area contributed by atoms with Crippen LogP contribution >= 0.6 is 0 Å².